The predicted octanol–water partition coefficient (Wildman–Crippen LogP) is 4.13. The summed E-state index contributed by atoms with van der Waals surface area (Å²) in [5, 5.41) is 14.7. The lowest BCUT2D eigenvalue weighted by Crippen LogP contribution is -2.33. The van der Waals surface area contributed by atoms with Crippen molar-refractivity contribution in [2.45, 2.75) is 32.0 Å². The summed E-state index contributed by atoms with van der Waals surface area (Å²) in [4.78, 5) is 25.2. The van der Waals surface area contributed by atoms with Crippen molar-refractivity contribution in [3.63, 3.8) is 0 Å². The Morgan fingerprint density at radius 2 is 1.85 bits per heavy atom. The number of thioether (sulfide) groups is 1. The molecule has 0 bridgehead atoms. The third-order valence-corrected chi connectivity index (χ3v) is 6.28. The van der Waals surface area contributed by atoms with Crippen LogP contribution < -0.4 is 15.4 Å². The van der Waals surface area contributed by atoms with E-state index in [1.54, 1.807) is 56.0 Å². The fraction of sp³-hybridized carbons (Fsp3) is 0.333. The summed E-state index contributed by atoms with van der Waals surface area (Å²) in [5.74, 6) is 0.446. The molecule has 1 heterocycles. The van der Waals surface area contributed by atoms with Crippen LogP contribution in [0.25, 0.3) is 0 Å². The molecule has 1 aromatic heterocycles. The van der Waals surface area contributed by atoms with Crippen LogP contribution in [0, 0.1) is 18.7 Å². The van der Waals surface area contributed by atoms with Gasteiger partial charge in [-0.15, -0.1) is 10.2 Å². The Labute approximate surface area is 202 Å². The van der Waals surface area contributed by atoms with Gasteiger partial charge in [0.05, 0.1) is 18.9 Å². The Balaban J connectivity index is 1.66. The quantitative estimate of drug-likeness (QED) is 0.442. The summed E-state index contributed by atoms with van der Waals surface area (Å²) in [6, 6.07) is 10.7. The van der Waals surface area contributed by atoms with Crippen molar-refractivity contribution in [1.82, 2.24) is 20.1 Å². The number of methoxy groups -OCH3 is 1. The Morgan fingerprint density at radius 3 is 2.50 bits per heavy atom. The molecular weight excluding hydrogens is 457 g/mol. The van der Waals surface area contributed by atoms with E-state index in [2.05, 4.69) is 20.8 Å². The van der Waals surface area contributed by atoms with Crippen molar-refractivity contribution < 1.29 is 18.7 Å². The van der Waals surface area contributed by atoms with E-state index in [4.69, 9.17) is 4.74 Å². The maximum atomic E-state index is 13.5. The van der Waals surface area contributed by atoms with Crippen LogP contribution in [0.5, 0.6) is 5.75 Å². The van der Waals surface area contributed by atoms with Crippen molar-refractivity contribution in [3.8, 4) is 5.75 Å². The number of benzene rings is 2. The molecule has 0 fully saturated rings. The number of amides is 2. The molecule has 180 valence electrons. The molecule has 0 spiro atoms. The van der Waals surface area contributed by atoms with Gasteiger partial charge in [-0.05, 0) is 54.8 Å². The van der Waals surface area contributed by atoms with Gasteiger partial charge in [0.1, 0.15) is 11.6 Å². The molecule has 1 atom stereocenters. The van der Waals surface area contributed by atoms with Gasteiger partial charge >= 0.3 is 0 Å². The number of hydrogen-bond acceptors (Lipinski definition) is 6. The lowest BCUT2D eigenvalue weighted by Gasteiger charge is -2.21. The summed E-state index contributed by atoms with van der Waals surface area (Å²) in [6.45, 7) is 5.76. The van der Waals surface area contributed by atoms with Crippen LogP contribution >= 0.6 is 11.8 Å². The molecule has 0 aliphatic carbocycles. The fourth-order valence-corrected chi connectivity index (χ4v) is 3.98. The molecule has 34 heavy (non-hydrogen) atoms. The van der Waals surface area contributed by atoms with E-state index >= 15 is 0 Å². The number of carbonyl (C=O) groups excluding carboxylic acids is 2. The molecule has 0 saturated carbocycles. The van der Waals surface area contributed by atoms with Crippen LogP contribution in [0.3, 0.4) is 0 Å². The normalized spacial score (nSPS) is 11.9. The average Bonchev–Trinajstić information content (AvgIpc) is 3.18. The van der Waals surface area contributed by atoms with Gasteiger partial charge in [-0.3, -0.25) is 9.59 Å². The molecule has 3 rings (SSSR count). The van der Waals surface area contributed by atoms with Crippen molar-refractivity contribution >= 4 is 29.3 Å². The van der Waals surface area contributed by atoms with E-state index in [1.165, 1.54) is 23.9 Å². The predicted molar refractivity (Wildman–Crippen MR) is 130 cm³/mol. The van der Waals surface area contributed by atoms with Crippen molar-refractivity contribution in [2.24, 2.45) is 13.0 Å². The van der Waals surface area contributed by atoms with Crippen molar-refractivity contribution in [3.05, 3.63) is 65.2 Å². The number of ether oxygens (including phenoxy) is 1. The second-order valence-corrected chi connectivity index (χ2v) is 9.06. The van der Waals surface area contributed by atoms with E-state index < -0.39 is 5.82 Å². The number of aromatic nitrogens is 3. The Hall–Kier alpha value is -3.40. The number of carbonyl (C=O) groups is 2. The first kappa shape index (κ1) is 25.2. The third kappa shape index (κ3) is 6.13. The molecule has 0 aliphatic heterocycles. The lowest BCUT2D eigenvalue weighted by molar-refractivity contribution is -0.113. The summed E-state index contributed by atoms with van der Waals surface area (Å²) < 4.78 is 20.4. The number of nitrogens with zero attached hydrogens (tertiary/aromatic N) is 3. The van der Waals surface area contributed by atoms with Crippen molar-refractivity contribution in [1.29, 1.82) is 0 Å². The highest BCUT2D eigenvalue weighted by Crippen LogP contribution is 2.25. The number of halogens is 1. The van der Waals surface area contributed by atoms with Gasteiger partial charge < -0.3 is 19.9 Å². The molecule has 10 heteroatoms. The summed E-state index contributed by atoms with van der Waals surface area (Å²) in [5.41, 5.74) is 1.71. The topological polar surface area (TPSA) is 98.1 Å². The highest BCUT2D eigenvalue weighted by molar-refractivity contribution is 7.99. The van der Waals surface area contributed by atoms with Crippen LogP contribution in [0.1, 0.15) is 41.6 Å². The Morgan fingerprint density at radius 1 is 1.15 bits per heavy atom. The van der Waals surface area contributed by atoms with Gasteiger partial charge in [0, 0.05) is 18.3 Å². The molecule has 3 aromatic rings. The first-order valence-corrected chi connectivity index (χ1v) is 11.7. The Kier molecular flexibility index (Phi) is 8.27. The monoisotopic (exact) mass is 485 g/mol. The maximum Gasteiger partial charge on any atom is 0.251 e. The minimum atomic E-state index is -0.414. The largest absolute Gasteiger partial charge is 0.497 e. The smallest absolute Gasteiger partial charge is 0.251 e. The zero-order chi connectivity index (χ0) is 24.8. The van der Waals surface area contributed by atoms with E-state index in [-0.39, 0.29) is 29.5 Å². The highest BCUT2D eigenvalue weighted by Gasteiger charge is 2.25. The number of nitrogens with one attached hydrogen (secondary N) is 2. The second-order valence-electron chi connectivity index (χ2n) is 8.12. The van der Waals surface area contributed by atoms with Crippen LogP contribution in [0.15, 0.2) is 47.6 Å². The molecule has 8 nitrogen and oxygen atoms in total. The number of aryl methyl sites for hydroxylation is 1. The lowest BCUT2D eigenvalue weighted by atomic mass is 10.0. The van der Waals surface area contributed by atoms with E-state index in [1.807, 2.05) is 13.8 Å². The molecule has 2 aromatic carbocycles. The van der Waals surface area contributed by atoms with Crippen LogP contribution in [0.2, 0.25) is 0 Å². The maximum absolute atomic E-state index is 13.5. The summed E-state index contributed by atoms with van der Waals surface area (Å²) >= 11 is 1.21. The Bertz CT molecular complexity index is 1160. The fourth-order valence-electron chi connectivity index (χ4n) is 3.26. The van der Waals surface area contributed by atoms with Gasteiger partial charge in [0.25, 0.3) is 5.91 Å². The first-order valence-electron chi connectivity index (χ1n) is 10.7. The average molecular weight is 486 g/mol. The molecule has 0 radical (unpaired) electrons. The standard InChI is InChI=1S/C24H28FN5O3S/c1-14(2)21(27-23(32)16-7-10-18(33-5)11-8-16)22-28-29-24(30(22)4)34-13-20(31)26-19-12-17(25)9-6-15(19)3/h6-12,14,21H,13H2,1-5H3,(H,26,31)(H,27,32)/t21-/m1/s1. The van der Waals surface area contributed by atoms with Crippen LogP contribution in [-0.4, -0.2) is 39.4 Å². The molecular formula is C24H28FN5O3S. The highest BCUT2D eigenvalue weighted by atomic mass is 32.2. The zero-order valence-corrected chi connectivity index (χ0v) is 20.6. The van der Waals surface area contributed by atoms with Gasteiger partial charge in [-0.2, -0.15) is 0 Å². The first-order chi connectivity index (χ1) is 16.2. The minimum Gasteiger partial charge on any atom is -0.497 e. The molecule has 2 N–H and O–H groups in total. The second kappa shape index (κ2) is 11.1. The summed E-state index contributed by atoms with van der Waals surface area (Å²) in [6.07, 6.45) is 0. The van der Waals surface area contributed by atoms with E-state index in [9.17, 15) is 14.0 Å². The molecule has 0 saturated heterocycles. The molecule has 0 aliphatic rings. The summed E-state index contributed by atoms with van der Waals surface area (Å²) in [7, 11) is 3.36. The van der Waals surface area contributed by atoms with Gasteiger partial charge in [-0.25, -0.2) is 4.39 Å². The van der Waals surface area contributed by atoms with Crippen LogP contribution in [-0.2, 0) is 11.8 Å². The van der Waals surface area contributed by atoms with Crippen molar-refractivity contribution in [2.75, 3.05) is 18.2 Å². The minimum absolute atomic E-state index is 0.0437. The van der Waals surface area contributed by atoms with E-state index in [0.717, 1.165) is 5.56 Å². The third-order valence-electron chi connectivity index (χ3n) is 5.26. The number of rotatable bonds is 9. The SMILES string of the molecule is COc1ccc(C(=O)N[C@@H](c2nnc(SCC(=O)Nc3cc(F)ccc3C)n2C)C(C)C)cc1. The number of hydrogen-bond donors (Lipinski definition) is 2. The van der Waals surface area contributed by atoms with Gasteiger partial charge in [0.15, 0.2) is 11.0 Å². The van der Waals surface area contributed by atoms with Gasteiger partial charge in [0.2, 0.25) is 5.91 Å². The number of anilines is 1. The molecule has 2 amide bonds. The van der Waals surface area contributed by atoms with Crippen LogP contribution in [0.4, 0.5) is 10.1 Å². The molecule has 0 unspecified atom stereocenters. The van der Waals surface area contributed by atoms with Gasteiger partial charge in [-0.1, -0.05) is 31.7 Å². The zero-order valence-electron chi connectivity index (χ0n) is 19.8. The van der Waals surface area contributed by atoms with E-state index in [0.29, 0.717) is 28.0 Å².